The first-order valence-electron chi connectivity index (χ1n) is 5.85. The molecule has 0 saturated carbocycles. The molecule has 0 spiro atoms. The normalized spacial score (nSPS) is 11.6. The van der Waals surface area contributed by atoms with Crippen molar-refractivity contribution in [2.45, 2.75) is 13.0 Å². The van der Waals surface area contributed by atoms with E-state index in [0.29, 0.717) is 5.56 Å². The molecule has 0 amide bonds. The number of nitrogens with one attached hydrogen (secondary N) is 1. The van der Waals surface area contributed by atoms with Gasteiger partial charge in [-0.25, -0.2) is 0 Å². The van der Waals surface area contributed by atoms with Crippen molar-refractivity contribution in [2.75, 3.05) is 5.32 Å². The van der Waals surface area contributed by atoms with Gasteiger partial charge in [0.25, 0.3) is 0 Å². The topological polar surface area (TPSA) is 56.0 Å². The Bertz CT molecular complexity index is 634. The highest BCUT2D eigenvalue weighted by molar-refractivity contribution is 9.10. The molecule has 0 aliphatic rings. The zero-order valence-electron chi connectivity index (χ0n) is 10.4. The van der Waals surface area contributed by atoms with E-state index in [4.69, 9.17) is 5.26 Å². The number of rotatable bonds is 3. The van der Waals surface area contributed by atoms with Crippen LogP contribution in [0.1, 0.15) is 24.1 Å². The van der Waals surface area contributed by atoms with Gasteiger partial charge in [-0.1, -0.05) is 28.1 Å². The Morgan fingerprint density at radius 1 is 1.26 bits per heavy atom. The Balaban J connectivity index is 2.26. The highest BCUT2D eigenvalue weighted by atomic mass is 79.9. The van der Waals surface area contributed by atoms with E-state index in [0.717, 1.165) is 15.7 Å². The number of aromatic hydroxyl groups is 1. The van der Waals surface area contributed by atoms with Crippen LogP contribution >= 0.6 is 15.9 Å². The summed E-state index contributed by atoms with van der Waals surface area (Å²) in [6.07, 6.45) is 0. The lowest BCUT2D eigenvalue weighted by Gasteiger charge is -2.17. The largest absolute Gasteiger partial charge is 0.508 e. The molecule has 0 aromatic heterocycles. The van der Waals surface area contributed by atoms with Crippen LogP contribution in [0.2, 0.25) is 0 Å². The molecule has 0 heterocycles. The molecule has 4 heteroatoms. The van der Waals surface area contributed by atoms with E-state index < -0.39 is 0 Å². The highest BCUT2D eigenvalue weighted by Gasteiger charge is 2.09. The molecule has 2 N–H and O–H groups in total. The molecule has 96 valence electrons. The van der Waals surface area contributed by atoms with Crippen molar-refractivity contribution in [3.8, 4) is 11.8 Å². The smallest absolute Gasteiger partial charge is 0.115 e. The van der Waals surface area contributed by atoms with Crippen LogP contribution < -0.4 is 5.32 Å². The van der Waals surface area contributed by atoms with Gasteiger partial charge in [0.2, 0.25) is 0 Å². The highest BCUT2D eigenvalue weighted by Crippen LogP contribution is 2.26. The Morgan fingerprint density at radius 3 is 2.74 bits per heavy atom. The maximum Gasteiger partial charge on any atom is 0.115 e. The van der Waals surface area contributed by atoms with Crippen LogP contribution in [0, 0.1) is 11.3 Å². The quantitative estimate of drug-likeness (QED) is 0.892. The first-order chi connectivity index (χ1) is 9.10. The van der Waals surface area contributed by atoms with Gasteiger partial charge >= 0.3 is 0 Å². The second-order valence-corrected chi connectivity index (χ2v) is 5.18. The van der Waals surface area contributed by atoms with Crippen LogP contribution in [0.5, 0.6) is 5.75 Å². The molecule has 0 bridgehead atoms. The molecule has 0 radical (unpaired) electrons. The summed E-state index contributed by atoms with van der Waals surface area (Å²) in [7, 11) is 0. The Hall–Kier alpha value is -1.99. The van der Waals surface area contributed by atoms with Crippen molar-refractivity contribution in [2.24, 2.45) is 0 Å². The Kier molecular flexibility index (Phi) is 4.08. The molecule has 3 nitrogen and oxygen atoms in total. The van der Waals surface area contributed by atoms with Gasteiger partial charge in [-0.2, -0.15) is 5.26 Å². The third-order valence-corrected chi connectivity index (χ3v) is 3.34. The summed E-state index contributed by atoms with van der Waals surface area (Å²) in [5, 5.41) is 21.9. The summed E-state index contributed by atoms with van der Waals surface area (Å²) in [5.74, 6) is 0.237. The molecule has 1 atom stereocenters. The average Bonchev–Trinajstić information content (AvgIpc) is 2.39. The molecule has 2 aromatic rings. The van der Waals surface area contributed by atoms with Gasteiger partial charge in [-0.15, -0.1) is 0 Å². The lowest BCUT2D eigenvalue weighted by Crippen LogP contribution is -2.07. The predicted octanol–water partition coefficient (Wildman–Crippen LogP) is 4.20. The van der Waals surface area contributed by atoms with Crippen LogP contribution in [0.4, 0.5) is 5.69 Å². The number of phenolic OH excluding ortho intramolecular Hbond substituents is 1. The molecule has 0 aliphatic carbocycles. The minimum atomic E-state index is -0.00602. The van der Waals surface area contributed by atoms with Crippen LogP contribution in [0.25, 0.3) is 0 Å². The number of nitriles is 1. The van der Waals surface area contributed by atoms with E-state index in [1.54, 1.807) is 24.3 Å². The molecular formula is C15H13BrN2O. The average molecular weight is 317 g/mol. The van der Waals surface area contributed by atoms with Gasteiger partial charge in [0.05, 0.1) is 11.3 Å². The fourth-order valence-electron chi connectivity index (χ4n) is 1.84. The van der Waals surface area contributed by atoms with Gasteiger partial charge in [-0.3, -0.25) is 0 Å². The zero-order valence-corrected chi connectivity index (χ0v) is 12.0. The molecule has 2 rings (SSSR count). The van der Waals surface area contributed by atoms with Crippen LogP contribution in [0.3, 0.4) is 0 Å². The maximum atomic E-state index is 9.49. The summed E-state index contributed by atoms with van der Waals surface area (Å²) in [5.41, 5.74) is 2.33. The van der Waals surface area contributed by atoms with Crippen molar-refractivity contribution < 1.29 is 5.11 Å². The van der Waals surface area contributed by atoms with E-state index in [1.165, 1.54) is 0 Å². The van der Waals surface area contributed by atoms with Crippen molar-refractivity contribution in [3.05, 3.63) is 58.1 Å². The van der Waals surface area contributed by atoms with Crippen LogP contribution in [-0.4, -0.2) is 5.11 Å². The monoisotopic (exact) mass is 316 g/mol. The fraction of sp³-hybridized carbons (Fsp3) is 0.133. The van der Waals surface area contributed by atoms with E-state index in [2.05, 4.69) is 27.3 Å². The molecule has 0 saturated heterocycles. The predicted molar refractivity (Wildman–Crippen MR) is 79.0 cm³/mol. The minimum absolute atomic E-state index is 0.00602. The lowest BCUT2D eigenvalue weighted by molar-refractivity contribution is 0.474. The van der Waals surface area contributed by atoms with Gasteiger partial charge in [0.15, 0.2) is 0 Å². The second-order valence-electron chi connectivity index (χ2n) is 4.26. The number of anilines is 1. The third-order valence-electron chi connectivity index (χ3n) is 2.84. The Labute approximate surface area is 120 Å². The van der Waals surface area contributed by atoms with E-state index in [9.17, 15) is 5.11 Å². The van der Waals surface area contributed by atoms with Crippen molar-refractivity contribution in [1.82, 2.24) is 0 Å². The Morgan fingerprint density at radius 2 is 2.05 bits per heavy atom. The van der Waals surface area contributed by atoms with Crippen molar-refractivity contribution in [3.63, 3.8) is 0 Å². The summed E-state index contributed by atoms with van der Waals surface area (Å²) in [6, 6.07) is 14.7. The van der Waals surface area contributed by atoms with Gasteiger partial charge in [0.1, 0.15) is 11.8 Å². The number of phenols is 1. The zero-order chi connectivity index (χ0) is 13.8. The van der Waals surface area contributed by atoms with Gasteiger partial charge < -0.3 is 10.4 Å². The fourth-order valence-corrected chi connectivity index (χ4v) is 2.21. The second kappa shape index (κ2) is 5.77. The van der Waals surface area contributed by atoms with E-state index in [-0.39, 0.29) is 11.8 Å². The SMILES string of the molecule is CC(Nc1cc(Br)ccc1C#N)c1cccc(O)c1. The summed E-state index contributed by atoms with van der Waals surface area (Å²) < 4.78 is 0.914. The molecule has 0 fully saturated rings. The molecule has 1 unspecified atom stereocenters. The van der Waals surface area contributed by atoms with E-state index in [1.807, 2.05) is 25.1 Å². The number of benzene rings is 2. The summed E-state index contributed by atoms with van der Waals surface area (Å²) >= 11 is 3.39. The summed E-state index contributed by atoms with van der Waals surface area (Å²) in [4.78, 5) is 0. The molecule has 2 aromatic carbocycles. The number of nitrogens with zero attached hydrogens (tertiary/aromatic N) is 1. The van der Waals surface area contributed by atoms with Crippen LogP contribution in [-0.2, 0) is 0 Å². The molecule has 19 heavy (non-hydrogen) atoms. The first-order valence-corrected chi connectivity index (χ1v) is 6.64. The maximum absolute atomic E-state index is 9.49. The van der Waals surface area contributed by atoms with Crippen LogP contribution in [0.15, 0.2) is 46.9 Å². The molecular weight excluding hydrogens is 304 g/mol. The third kappa shape index (κ3) is 3.27. The number of halogens is 1. The van der Waals surface area contributed by atoms with Gasteiger partial charge in [-0.05, 0) is 42.8 Å². The molecule has 0 aliphatic heterocycles. The lowest BCUT2D eigenvalue weighted by atomic mass is 10.1. The number of hydrogen-bond acceptors (Lipinski definition) is 3. The first kappa shape index (κ1) is 13.4. The van der Waals surface area contributed by atoms with Crippen molar-refractivity contribution in [1.29, 1.82) is 5.26 Å². The van der Waals surface area contributed by atoms with Crippen molar-refractivity contribution >= 4 is 21.6 Å². The summed E-state index contributed by atoms with van der Waals surface area (Å²) in [6.45, 7) is 1.98. The standard InChI is InChI=1S/C15H13BrN2O/c1-10(11-3-2-4-14(19)7-11)18-15-8-13(16)6-5-12(15)9-17/h2-8,10,18-19H,1H3. The van der Waals surface area contributed by atoms with Gasteiger partial charge in [0, 0.05) is 10.5 Å². The number of hydrogen-bond donors (Lipinski definition) is 2. The van der Waals surface area contributed by atoms with E-state index >= 15 is 0 Å². The minimum Gasteiger partial charge on any atom is -0.508 e.